The Morgan fingerprint density at radius 2 is 1.87 bits per heavy atom. The van der Waals surface area contributed by atoms with Crippen LogP contribution in [0.25, 0.3) is 16.5 Å². The maximum atomic E-state index is 11.6. The Labute approximate surface area is 133 Å². The van der Waals surface area contributed by atoms with Gasteiger partial charge in [0.25, 0.3) is 0 Å². The lowest BCUT2D eigenvalue weighted by molar-refractivity contribution is -0.136. The fourth-order valence-corrected chi connectivity index (χ4v) is 1.52. The number of carbonyl (C=O) groups is 2. The highest BCUT2D eigenvalue weighted by Crippen LogP contribution is 2.15. The van der Waals surface area contributed by atoms with E-state index in [0.29, 0.717) is 11.3 Å². The number of nitrogens with one attached hydrogen (secondary N) is 1. The molecule has 1 aromatic carbocycles. The summed E-state index contributed by atoms with van der Waals surface area (Å²) in [6.45, 7) is 5.31. The van der Waals surface area contributed by atoms with Crippen LogP contribution in [-0.2, 0) is 14.3 Å². The van der Waals surface area contributed by atoms with E-state index in [1.165, 1.54) is 13.2 Å². The molecule has 1 rings (SSSR count). The second kappa shape index (κ2) is 7.86. The van der Waals surface area contributed by atoms with Crippen LogP contribution in [0.1, 0.15) is 26.3 Å². The first kappa shape index (κ1) is 18.1. The van der Waals surface area contributed by atoms with Gasteiger partial charge in [0.2, 0.25) is 0 Å². The van der Waals surface area contributed by atoms with E-state index in [2.05, 4.69) is 20.1 Å². The molecule has 0 aliphatic rings. The molecule has 0 spiro atoms. The van der Waals surface area contributed by atoms with Crippen molar-refractivity contribution in [2.45, 2.75) is 26.4 Å². The van der Waals surface area contributed by atoms with Crippen molar-refractivity contribution in [2.75, 3.05) is 12.4 Å². The lowest BCUT2D eigenvalue weighted by atomic mass is 10.1. The molecule has 0 saturated heterocycles. The van der Waals surface area contributed by atoms with Gasteiger partial charge in [-0.05, 0) is 50.1 Å². The molecule has 0 radical (unpaired) electrons. The zero-order valence-corrected chi connectivity index (χ0v) is 13.4. The highest BCUT2D eigenvalue weighted by atomic mass is 16.6. The van der Waals surface area contributed by atoms with Crippen LogP contribution in [0.2, 0.25) is 0 Å². The van der Waals surface area contributed by atoms with E-state index in [4.69, 9.17) is 10.3 Å². The average molecular weight is 318 g/mol. The molecule has 0 aliphatic carbocycles. The van der Waals surface area contributed by atoms with Crippen molar-refractivity contribution in [1.29, 1.82) is 0 Å². The monoisotopic (exact) mass is 318 g/mol. The second-order valence-electron chi connectivity index (χ2n) is 5.46. The number of azide groups is 1. The van der Waals surface area contributed by atoms with Crippen LogP contribution in [-0.4, -0.2) is 24.8 Å². The number of nitrogens with zero attached hydrogens (tertiary/aromatic N) is 3. The van der Waals surface area contributed by atoms with Crippen LogP contribution < -0.4 is 5.32 Å². The van der Waals surface area contributed by atoms with Crippen LogP contribution in [0, 0.1) is 0 Å². The molecular formula is C15H18N4O4. The lowest BCUT2D eigenvalue weighted by Gasteiger charge is -2.19. The Morgan fingerprint density at radius 3 is 2.35 bits per heavy atom. The van der Waals surface area contributed by atoms with Gasteiger partial charge >= 0.3 is 12.1 Å². The van der Waals surface area contributed by atoms with Gasteiger partial charge in [-0.25, -0.2) is 9.59 Å². The van der Waals surface area contributed by atoms with Crippen LogP contribution in [0.4, 0.5) is 10.5 Å². The van der Waals surface area contributed by atoms with Gasteiger partial charge in [-0.3, -0.25) is 5.32 Å². The Kier molecular flexibility index (Phi) is 6.17. The Hall–Kier alpha value is -2.99. The topological polar surface area (TPSA) is 113 Å². The minimum Gasteiger partial charge on any atom is -0.466 e. The number of benzene rings is 1. The third-order valence-corrected chi connectivity index (χ3v) is 2.41. The van der Waals surface area contributed by atoms with Crippen molar-refractivity contribution in [2.24, 2.45) is 5.11 Å². The third-order valence-electron chi connectivity index (χ3n) is 2.41. The SMILES string of the molecule is COC(=O)/C(=C\c1ccc(NC(=O)OC(C)(C)C)cc1)N=[N+]=[N-]. The van der Waals surface area contributed by atoms with Gasteiger partial charge in [0.1, 0.15) is 11.3 Å². The maximum absolute atomic E-state index is 11.6. The van der Waals surface area contributed by atoms with Crippen molar-refractivity contribution in [3.8, 4) is 0 Å². The first-order chi connectivity index (χ1) is 10.7. The fourth-order valence-electron chi connectivity index (χ4n) is 1.52. The van der Waals surface area contributed by atoms with E-state index in [0.717, 1.165) is 0 Å². The molecule has 0 atom stereocenters. The summed E-state index contributed by atoms with van der Waals surface area (Å²) in [4.78, 5) is 25.6. The molecule has 8 nitrogen and oxygen atoms in total. The first-order valence-electron chi connectivity index (χ1n) is 6.70. The Bertz CT molecular complexity index is 653. The maximum Gasteiger partial charge on any atom is 0.412 e. The van der Waals surface area contributed by atoms with Crippen LogP contribution in [0.15, 0.2) is 35.1 Å². The molecule has 0 heterocycles. The van der Waals surface area contributed by atoms with Gasteiger partial charge < -0.3 is 9.47 Å². The summed E-state index contributed by atoms with van der Waals surface area (Å²) in [7, 11) is 1.19. The van der Waals surface area contributed by atoms with Gasteiger partial charge in [0.15, 0.2) is 0 Å². The minimum atomic E-state index is -0.737. The van der Waals surface area contributed by atoms with E-state index in [1.54, 1.807) is 45.0 Å². The van der Waals surface area contributed by atoms with Crippen molar-refractivity contribution in [3.63, 3.8) is 0 Å². The smallest absolute Gasteiger partial charge is 0.412 e. The summed E-state index contributed by atoms with van der Waals surface area (Å²) in [5.74, 6) is -0.737. The van der Waals surface area contributed by atoms with Gasteiger partial charge in [0.05, 0.1) is 7.11 Å². The fraction of sp³-hybridized carbons (Fsp3) is 0.333. The average Bonchev–Trinajstić information content (AvgIpc) is 2.46. The van der Waals surface area contributed by atoms with Gasteiger partial charge in [-0.15, -0.1) is 0 Å². The first-order valence-corrected chi connectivity index (χ1v) is 6.70. The summed E-state index contributed by atoms with van der Waals surface area (Å²) in [5, 5.41) is 5.86. The molecule has 23 heavy (non-hydrogen) atoms. The zero-order valence-electron chi connectivity index (χ0n) is 13.4. The molecule has 1 aromatic rings. The van der Waals surface area contributed by atoms with Crippen LogP contribution >= 0.6 is 0 Å². The van der Waals surface area contributed by atoms with E-state index in [1.807, 2.05) is 0 Å². The third kappa shape index (κ3) is 6.54. The summed E-state index contributed by atoms with van der Waals surface area (Å²) in [6, 6.07) is 6.53. The number of carbonyl (C=O) groups excluding carboxylic acids is 2. The molecular weight excluding hydrogens is 300 g/mol. The van der Waals surface area contributed by atoms with E-state index >= 15 is 0 Å². The van der Waals surface area contributed by atoms with E-state index < -0.39 is 17.7 Å². The van der Waals surface area contributed by atoms with Gasteiger partial charge in [0, 0.05) is 10.6 Å². The number of ether oxygens (including phenoxy) is 2. The molecule has 0 bridgehead atoms. The van der Waals surface area contributed by atoms with Crippen LogP contribution in [0.3, 0.4) is 0 Å². The molecule has 0 fully saturated rings. The summed E-state index contributed by atoms with van der Waals surface area (Å²) in [6.07, 6.45) is 0.813. The highest BCUT2D eigenvalue weighted by Gasteiger charge is 2.16. The summed E-state index contributed by atoms with van der Waals surface area (Å²) in [5.41, 5.74) is 8.83. The zero-order chi connectivity index (χ0) is 17.5. The summed E-state index contributed by atoms with van der Waals surface area (Å²) >= 11 is 0. The Balaban J connectivity index is 2.85. The van der Waals surface area contributed by atoms with E-state index in [-0.39, 0.29) is 5.70 Å². The number of rotatable bonds is 4. The predicted molar refractivity (Wildman–Crippen MR) is 85.4 cm³/mol. The molecule has 0 aliphatic heterocycles. The minimum absolute atomic E-state index is 0.164. The van der Waals surface area contributed by atoms with Crippen molar-refractivity contribution in [1.82, 2.24) is 0 Å². The Morgan fingerprint density at radius 1 is 1.26 bits per heavy atom. The number of esters is 1. The van der Waals surface area contributed by atoms with Crippen molar-refractivity contribution < 1.29 is 19.1 Å². The second-order valence-corrected chi connectivity index (χ2v) is 5.46. The number of methoxy groups -OCH3 is 1. The molecule has 8 heteroatoms. The van der Waals surface area contributed by atoms with Crippen molar-refractivity contribution >= 4 is 23.8 Å². The molecule has 0 aromatic heterocycles. The normalized spacial score (nSPS) is 11.2. The van der Waals surface area contributed by atoms with Crippen LogP contribution in [0.5, 0.6) is 0 Å². The number of hydrogen-bond donors (Lipinski definition) is 1. The lowest BCUT2D eigenvalue weighted by Crippen LogP contribution is -2.27. The standard InChI is InChI=1S/C15H18N4O4/c1-15(2,3)23-14(21)17-11-7-5-10(6-8-11)9-12(18-19-16)13(20)22-4/h5-9H,1-4H3,(H,17,21)/b12-9+. The largest absolute Gasteiger partial charge is 0.466 e. The predicted octanol–water partition coefficient (Wildman–Crippen LogP) is 3.86. The molecule has 122 valence electrons. The quantitative estimate of drug-likeness (QED) is 0.298. The molecule has 0 unspecified atom stereocenters. The molecule has 1 amide bonds. The van der Waals surface area contributed by atoms with E-state index in [9.17, 15) is 9.59 Å². The number of amides is 1. The summed E-state index contributed by atoms with van der Waals surface area (Å²) < 4.78 is 9.65. The molecule has 1 N–H and O–H groups in total. The number of hydrogen-bond acceptors (Lipinski definition) is 5. The van der Waals surface area contributed by atoms with Gasteiger partial charge in [-0.2, -0.15) is 0 Å². The van der Waals surface area contributed by atoms with Crippen molar-refractivity contribution in [3.05, 3.63) is 46.0 Å². The highest BCUT2D eigenvalue weighted by molar-refractivity contribution is 5.93. The van der Waals surface area contributed by atoms with Gasteiger partial charge in [-0.1, -0.05) is 17.2 Å². The molecule has 0 saturated carbocycles. The number of anilines is 1.